The Morgan fingerprint density at radius 1 is 1.04 bits per heavy atom. The Bertz CT molecular complexity index is 797. The van der Waals surface area contributed by atoms with Gasteiger partial charge in [-0.05, 0) is 74.7 Å². The van der Waals surface area contributed by atoms with Crippen LogP contribution in [-0.4, -0.2) is 25.7 Å². The number of aryl methyl sites for hydroxylation is 1. The van der Waals surface area contributed by atoms with Crippen LogP contribution < -0.4 is 9.47 Å². The summed E-state index contributed by atoms with van der Waals surface area (Å²) in [7, 11) is 1.30. The van der Waals surface area contributed by atoms with Crippen LogP contribution in [-0.2, 0) is 9.53 Å². The van der Waals surface area contributed by atoms with Gasteiger partial charge in [-0.3, -0.25) is 0 Å². The third kappa shape index (κ3) is 5.29. The minimum absolute atomic E-state index is 0.258. The van der Waals surface area contributed by atoms with Crippen LogP contribution in [0.4, 0.5) is 0 Å². The molecule has 0 N–H and O–H groups in total. The number of hydrogen-bond donors (Lipinski definition) is 0. The van der Waals surface area contributed by atoms with E-state index in [1.54, 1.807) is 0 Å². The lowest BCUT2D eigenvalue weighted by molar-refractivity contribution is -0.136. The lowest BCUT2D eigenvalue weighted by Gasteiger charge is -2.12. The fourth-order valence-electron chi connectivity index (χ4n) is 1.98. The van der Waals surface area contributed by atoms with Gasteiger partial charge in [-0.15, -0.1) is 0 Å². The summed E-state index contributed by atoms with van der Waals surface area (Å²) in [5, 5.41) is 0. The summed E-state index contributed by atoms with van der Waals surface area (Å²) in [5.74, 6) is -0.189. The maximum atomic E-state index is 12.0. The van der Waals surface area contributed by atoms with Gasteiger partial charge < -0.3 is 14.2 Å². The molecule has 0 heterocycles. The smallest absolute Gasteiger partial charge is 0.349 e. The summed E-state index contributed by atoms with van der Waals surface area (Å²) in [6.45, 7) is 1.62. The highest BCUT2D eigenvalue weighted by Gasteiger charge is 2.14. The van der Waals surface area contributed by atoms with E-state index in [0.717, 1.165) is 14.5 Å². The molecule has 0 aliphatic heterocycles. The average molecular weight is 537 g/mol. The van der Waals surface area contributed by atoms with Crippen molar-refractivity contribution in [3.63, 3.8) is 0 Å². The first-order chi connectivity index (χ1) is 11.8. The molecule has 0 fully saturated rings. The minimum atomic E-state index is -0.569. The van der Waals surface area contributed by atoms with Crippen LogP contribution in [0.1, 0.15) is 15.9 Å². The minimum Gasteiger partial charge on any atom is -0.480 e. The molecule has 0 spiro atoms. The molecule has 0 atom stereocenters. The van der Waals surface area contributed by atoms with Crippen LogP contribution in [0.15, 0.2) is 43.7 Å². The molecule has 2 aromatic carbocycles. The lowest BCUT2D eigenvalue weighted by Crippen LogP contribution is -2.18. The van der Waals surface area contributed by atoms with Gasteiger partial charge in [0.1, 0.15) is 11.5 Å². The van der Waals surface area contributed by atoms with Crippen molar-refractivity contribution in [2.45, 2.75) is 6.92 Å². The fourth-order valence-corrected chi connectivity index (χ4v) is 4.00. The number of benzene rings is 2. The van der Waals surface area contributed by atoms with Gasteiger partial charge in [-0.1, -0.05) is 15.9 Å². The van der Waals surface area contributed by atoms with Crippen molar-refractivity contribution >= 4 is 59.7 Å². The molecule has 2 rings (SSSR count). The van der Waals surface area contributed by atoms with E-state index in [9.17, 15) is 9.59 Å². The Labute approximate surface area is 170 Å². The number of halogens is 3. The Morgan fingerprint density at radius 2 is 1.76 bits per heavy atom. The van der Waals surface area contributed by atoms with E-state index >= 15 is 0 Å². The molecule has 0 bridgehead atoms. The monoisotopic (exact) mass is 534 g/mol. The van der Waals surface area contributed by atoms with Gasteiger partial charge in [0.25, 0.3) is 0 Å². The molecule has 8 heteroatoms. The molecule has 0 unspecified atom stereocenters. The highest BCUT2D eigenvalue weighted by molar-refractivity contribution is 9.11. The number of rotatable bonds is 5. The van der Waals surface area contributed by atoms with Gasteiger partial charge >= 0.3 is 11.9 Å². The van der Waals surface area contributed by atoms with Gasteiger partial charge in [0.05, 0.1) is 21.6 Å². The third-order valence-corrected chi connectivity index (χ3v) is 4.77. The second-order valence-electron chi connectivity index (χ2n) is 4.93. The zero-order valence-electron chi connectivity index (χ0n) is 13.3. The average Bonchev–Trinajstić information content (AvgIpc) is 2.55. The van der Waals surface area contributed by atoms with E-state index in [1.165, 1.54) is 25.3 Å². The van der Waals surface area contributed by atoms with Crippen molar-refractivity contribution in [1.29, 1.82) is 0 Å². The van der Waals surface area contributed by atoms with Crippen molar-refractivity contribution in [1.82, 2.24) is 0 Å². The normalized spacial score (nSPS) is 10.3. The highest BCUT2D eigenvalue weighted by atomic mass is 79.9. The zero-order chi connectivity index (χ0) is 18.6. The lowest BCUT2D eigenvalue weighted by atomic mass is 10.2. The van der Waals surface area contributed by atoms with Gasteiger partial charge in [0.15, 0.2) is 6.61 Å². The summed E-state index contributed by atoms with van der Waals surface area (Å²) in [5.41, 5.74) is 1.22. The van der Waals surface area contributed by atoms with Crippen LogP contribution in [0.2, 0.25) is 0 Å². The second kappa shape index (κ2) is 8.82. The molecule has 2 aromatic rings. The SMILES string of the molecule is COC(=O)c1ccc(OC(=O)COc2c(C)cc(Br)cc2Br)c(Br)c1. The van der Waals surface area contributed by atoms with E-state index < -0.39 is 11.9 Å². The predicted octanol–water partition coefficient (Wildman–Crippen LogP) is 5.05. The molecule has 132 valence electrons. The zero-order valence-corrected chi connectivity index (χ0v) is 18.0. The van der Waals surface area contributed by atoms with Gasteiger partial charge in [-0.2, -0.15) is 0 Å². The van der Waals surface area contributed by atoms with Crippen LogP contribution in [0, 0.1) is 6.92 Å². The van der Waals surface area contributed by atoms with E-state index in [4.69, 9.17) is 9.47 Å². The summed E-state index contributed by atoms with van der Waals surface area (Å²) in [6, 6.07) is 8.25. The Hall–Kier alpha value is -1.38. The highest BCUT2D eigenvalue weighted by Crippen LogP contribution is 2.32. The second-order valence-corrected chi connectivity index (χ2v) is 7.56. The standard InChI is InChI=1S/C17H13Br3O5/c1-9-5-11(18)7-13(20)16(9)24-8-15(21)25-14-4-3-10(6-12(14)19)17(22)23-2/h3-7H,8H2,1-2H3. The molecule has 0 aliphatic rings. The number of methoxy groups -OCH3 is 1. The number of esters is 2. The first-order valence-corrected chi connectivity index (χ1v) is 9.36. The van der Waals surface area contributed by atoms with Gasteiger partial charge in [0.2, 0.25) is 0 Å². The van der Waals surface area contributed by atoms with Crippen LogP contribution >= 0.6 is 47.8 Å². The number of carbonyl (C=O) groups is 2. The predicted molar refractivity (Wildman–Crippen MR) is 103 cm³/mol. The van der Waals surface area contributed by atoms with Crippen LogP contribution in [0.25, 0.3) is 0 Å². The van der Waals surface area contributed by atoms with Crippen molar-refractivity contribution < 1.29 is 23.8 Å². The van der Waals surface area contributed by atoms with E-state index in [0.29, 0.717) is 15.8 Å². The van der Waals surface area contributed by atoms with Gasteiger partial charge in [-0.25, -0.2) is 9.59 Å². The molecule has 0 radical (unpaired) electrons. The summed E-state index contributed by atoms with van der Waals surface area (Å²) < 4.78 is 17.5. The first kappa shape index (κ1) is 19.9. The molecular formula is C17H13Br3O5. The number of ether oxygens (including phenoxy) is 3. The van der Waals surface area contributed by atoms with Crippen LogP contribution in [0.5, 0.6) is 11.5 Å². The molecule has 0 saturated carbocycles. The summed E-state index contributed by atoms with van der Waals surface area (Å²) in [6.07, 6.45) is 0. The number of carbonyl (C=O) groups excluding carboxylic acids is 2. The molecular weight excluding hydrogens is 524 g/mol. The number of hydrogen-bond acceptors (Lipinski definition) is 5. The van der Waals surface area contributed by atoms with Crippen molar-refractivity contribution in [3.8, 4) is 11.5 Å². The molecule has 5 nitrogen and oxygen atoms in total. The van der Waals surface area contributed by atoms with Crippen molar-refractivity contribution in [2.75, 3.05) is 13.7 Å². The van der Waals surface area contributed by atoms with Crippen molar-refractivity contribution in [2.24, 2.45) is 0 Å². The first-order valence-electron chi connectivity index (χ1n) is 6.98. The topological polar surface area (TPSA) is 61.8 Å². The Morgan fingerprint density at radius 3 is 2.36 bits per heavy atom. The maximum absolute atomic E-state index is 12.0. The largest absolute Gasteiger partial charge is 0.480 e. The molecule has 0 aromatic heterocycles. The van der Waals surface area contributed by atoms with E-state index in [2.05, 4.69) is 52.5 Å². The Balaban J connectivity index is 2.03. The molecule has 0 saturated heterocycles. The van der Waals surface area contributed by atoms with Crippen LogP contribution in [0.3, 0.4) is 0 Å². The third-order valence-electron chi connectivity index (χ3n) is 3.11. The molecule has 25 heavy (non-hydrogen) atoms. The van der Waals surface area contributed by atoms with Crippen molar-refractivity contribution in [3.05, 3.63) is 54.9 Å². The van der Waals surface area contributed by atoms with E-state index in [-0.39, 0.29) is 12.4 Å². The van der Waals surface area contributed by atoms with Gasteiger partial charge in [0, 0.05) is 4.47 Å². The van der Waals surface area contributed by atoms with E-state index in [1.807, 2.05) is 19.1 Å². The molecule has 0 aliphatic carbocycles. The quantitative estimate of drug-likeness (QED) is 0.395. The summed E-state index contributed by atoms with van der Waals surface area (Å²) >= 11 is 10.0. The Kier molecular flexibility index (Phi) is 7.04. The summed E-state index contributed by atoms with van der Waals surface area (Å²) in [4.78, 5) is 23.5. The molecule has 0 amide bonds. The fraction of sp³-hybridized carbons (Fsp3) is 0.176. The maximum Gasteiger partial charge on any atom is 0.349 e.